The van der Waals surface area contributed by atoms with Gasteiger partial charge in [0, 0.05) is 23.8 Å². The molecule has 0 fully saturated rings. The van der Waals surface area contributed by atoms with E-state index in [1.807, 2.05) is 41.5 Å². The third kappa shape index (κ3) is 11.5. The Morgan fingerprint density at radius 3 is 1.83 bits per heavy atom. The first kappa shape index (κ1) is 27.7. The summed E-state index contributed by atoms with van der Waals surface area (Å²) in [7, 11) is 0. The van der Waals surface area contributed by atoms with Crippen molar-refractivity contribution in [1.29, 1.82) is 0 Å². The Kier molecular flexibility index (Phi) is 12.5. The molecule has 6 heteroatoms. The number of hydrogen-bond acceptors (Lipinski definition) is 5. The summed E-state index contributed by atoms with van der Waals surface area (Å²) >= 11 is 0. The SMILES string of the molecule is CCC(C)(C)C(=O)C(N)CCCCCNC(=O)CCCCC(N)C(=O)C(C)(C)C. The first-order valence-electron chi connectivity index (χ1n) is 11.2. The lowest BCUT2D eigenvalue weighted by molar-refractivity contribution is -0.129. The van der Waals surface area contributed by atoms with Crippen molar-refractivity contribution in [2.24, 2.45) is 22.3 Å². The van der Waals surface area contributed by atoms with Crippen LogP contribution in [-0.2, 0) is 14.4 Å². The van der Waals surface area contributed by atoms with E-state index in [-0.39, 0.29) is 22.9 Å². The Morgan fingerprint density at radius 2 is 1.31 bits per heavy atom. The van der Waals surface area contributed by atoms with E-state index in [1.165, 1.54) is 0 Å². The zero-order chi connectivity index (χ0) is 22.7. The maximum absolute atomic E-state index is 12.2. The van der Waals surface area contributed by atoms with E-state index < -0.39 is 17.5 Å². The average Bonchev–Trinajstić information content (AvgIpc) is 2.65. The van der Waals surface area contributed by atoms with Gasteiger partial charge in [0.1, 0.15) is 0 Å². The number of carbonyl (C=O) groups is 3. The van der Waals surface area contributed by atoms with Gasteiger partial charge in [-0.05, 0) is 32.1 Å². The van der Waals surface area contributed by atoms with Gasteiger partial charge in [-0.25, -0.2) is 0 Å². The summed E-state index contributed by atoms with van der Waals surface area (Å²) in [5, 5.41) is 2.93. The van der Waals surface area contributed by atoms with Crippen molar-refractivity contribution >= 4 is 17.5 Å². The lowest BCUT2D eigenvalue weighted by atomic mass is 9.81. The summed E-state index contributed by atoms with van der Waals surface area (Å²) in [5.74, 6) is 0.246. The van der Waals surface area contributed by atoms with E-state index in [1.54, 1.807) is 0 Å². The second-order valence-electron chi connectivity index (χ2n) is 9.87. The molecule has 2 atom stereocenters. The van der Waals surface area contributed by atoms with E-state index >= 15 is 0 Å². The molecule has 0 bridgehead atoms. The Bertz CT molecular complexity index is 524. The van der Waals surface area contributed by atoms with E-state index in [9.17, 15) is 14.4 Å². The van der Waals surface area contributed by atoms with Crippen molar-refractivity contribution in [2.75, 3.05) is 6.54 Å². The van der Waals surface area contributed by atoms with Crippen LogP contribution in [0.3, 0.4) is 0 Å². The summed E-state index contributed by atoms with van der Waals surface area (Å²) in [5.41, 5.74) is 11.2. The number of nitrogens with one attached hydrogen (secondary N) is 1. The monoisotopic (exact) mass is 411 g/mol. The van der Waals surface area contributed by atoms with Crippen molar-refractivity contribution in [2.45, 2.75) is 111 Å². The molecule has 0 aromatic rings. The highest BCUT2D eigenvalue weighted by Crippen LogP contribution is 2.23. The van der Waals surface area contributed by atoms with Crippen molar-refractivity contribution in [3.8, 4) is 0 Å². The topological polar surface area (TPSA) is 115 Å². The molecule has 0 aliphatic carbocycles. The molecule has 29 heavy (non-hydrogen) atoms. The highest BCUT2D eigenvalue weighted by atomic mass is 16.1. The number of Topliss-reactive ketones (excluding diaryl/α,β-unsaturated/α-hetero) is 2. The van der Waals surface area contributed by atoms with Crippen molar-refractivity contribution in [3.05, 3.63) is 0 Å². The summed E-state index contributed by atoms with van der Waals surface area (Å²) in [6, 6.07) is -0.838. The van der Waals surface area contributed by atoms with Crippen LogP contribution in [0.4, 0.5) is 0 Å². The molecular formula is C23H45N3O3. The zero-order valence-corrected chi connectivity index (χ0v) is 19.6. The molecule has 0 radical (unpaired) electrons. The fraction of sp³-hybridized carbons (Fsp3) is 0.870. The number of ketones is 2. The standard InChI is InChI=1S/C23H45N3O3/c1-7-23(5,6)21(29)18(25)13-9-8-12-16-26-19(27)15-11-10-14-17(24)20(28)22(2,3)4/h17-18H,7-16,24-25H2,1-6H3,(H,26,27). The number of amides is 1. The first-order valence-corrected chi connectivity index (χ1v) is 11.2. The molecule has 0 aromatic carbocycles. The minimum Gasteiger partial charge on any atom is -0.356 e. The fourth-order valence-corrected chi connectivity index (χ4v) is 3.13. The predicted molar refractivity (Wildman–Crippen MR) is 119 cm³/mol. The van der Waals surface area contributed by atoms with Crippen LogP contribution in [0.25, 0.3) is 0 Å². The molecule has 2 unspecified atom stereocenters. The lowest BCUT2D eigenvalue weighted by Crippen LogP contribution is -2.40. The maximum Gasteiger partial charge on any atom is 0.219 e. The Morgan fingerprint density at radius 1 is 0.793 bits per heavy atom. The molecule has 0 rings (SSSR count). The number of rotatable bonds is 15. The van der Waals surface area contributed by atoms with Crippen LogP contribution in [0.5, 0.6) is 0 Å². The second-order valence-corrected chi connectivity index (χ2v) is 9.87. The molecule has 0 aliphatic rings. The first-order chi connectivity index (χ1) is 13.3. The molecule has 1 amide bonds. The molecule has 0 saturated heterocycles. The molecule has 5 N–H and O–H groups in total. The summed E-state index contributed by atoms with van der Waals surface area (Å²) in [6.07, 6.45) is 6.81. The van der Waals surface area contributed by atoms with E-state index in [0.717, 1.165) is 38.5 Å². The maximum atomic E-state index is 12.2. The molecule has 0 aliphatic heterocycles. The number of nitrogens with two attached hydrogens (primary N) is 2. The highest BCUT2D eigenvalue weighted by molar-refractivity contribution is 5.89. The van der Waals surface area contributed by atoms with Crippen LogP contribution in [-0.4, -0.2) is 36.1 Å². The van der Waals surface area contributed by atoms with Crippen LogP contribution in [0.2, 0.25) is 0 Å². The lowest BCUT2D eigenvalue weighted by Gasteiger charge is -2.24. The molecular weight excluding hydrogens is 366 g/mol. The Balaban J connectivity index is 3.78. The minimum atomic E-state index is -0.445. The quantitative estimate of drug-likeness (QED) is 0.357. The number of carbonyl (C=O) groups excluding carboxylic acids is 3. The second kappa shape index (κ2) is 13.1. The van der Waals surface area contributed by atoms with E-state index in [4.69, 9.17) is 11.5 Å². The minimum absolute atomic E-state index is 0.0392. The normalized spacial score (nSPS) is 14.3. The largest absolute Gasteiger partial charge is 0.356 e. The van der Waals surface area contributed by atoms with Crippen LogP contribution < -0.4 is 16.8 Å². The van der Waals surface area contributed by atoms with Gasteiger partial charge in [-0.1, -0.05) is 60.8 Å². The van der Waals surface area contributed by atoms with Crippen LogP contribution >= 0.6 is 0 Å². The molecule has 0 spiro atoms. The van der Waals surface area contributed by atoms with Crippen molar-refractivity contribution < 1.29 is 14.4 Å². The van der Waals surface area contributed by atoms with Gasteiger partial charge >= 0.3 is 0 Å². The van der Waals surface area contributed by atoms with Gasteiger partial charge in [-0.3, -0.25) is 14.4 Å². The van der Waals surface area contributed by atoms with Gasteiger partial charge in [0.2, 0.25) is 5.91 Å². The third-order valence-corrected chi connectivity index (χ3v) is 5.65. The molecule has 0 heterocycles. The van der Waals surface area contributed by atoms with Crippen molar-refractivity contribution in [1.82, 2.24) is 5.32 Å². The summed E-state index contributed by atoms with van der Waals surface area (Å²) in [4.78, 5) is 36.2. The van der Waals surface area contributed by atoms with Crippen molar-refractivity contribution in [3.63, 3.8) is 0 Å². The van der Waals surface area contributed by atoms with Gasteiger partial charge < -0.3 is 16.8 Å². The van der Waals surface area contributed by atoms with Crippen LogP contribution in [0, 0.1) is 10.8 Å². The van der Waals surface area contributed by atoms with Gasteiger partial charge in [0.25, 0.3) is 0 Å². The summed E-state index contributed by atoms with van der Waals surface area (Å²) in [6.45, 7) is 12.2. The Hall–Kier alpha value is -1.27. The molecule has 6 nitrogen and oxygen atoms in total. The molecule has 170 valence electrons. The van der Waals surface area contributed by atoms with E-state index in [2.05, 4.69) is 5.32 Å². The van der Waals surface area contributed by atoms with E-state index in [0.29, 0.717) is 25.8 Å². The average molecular weight is 412 g/mol. The molecule has 0 aromatic heterocycles. The van der Waals surface area contributed by atoms with Gasteiger partial charge in [0.15, 0.2) is 11.6 Å². The Labute approximate surface area is 177 Å². The number of hydrogen-bond donors (Lipinski definition) is 3. The van der Waals surface area contributed by atoms with Crippen LogP contribution in [0.15, 0.2) is 0 Å². The summed E-state index contributed by atoms with van der Waals surface area (Å²) < 4.78 is 0. The third-order valence-electron chi connectivity index (χ3n) is 5.65. The smallest absolute Gasteiger partial charge is 0.219 e. The van der Waals surface area contributed by atoms with Gasteiger partial charge in [0.05, 0.1) is 12.1 Å². The zero-order valence-electron chi connectivity index (χ0n) is 19.6. The fourth-order valence-electron chi connectivity index (χ4n) is 3.13. The predicted octanol–water partition coefficient (Wildman–Crippen LogP) is 3.50. The highest BCUT2D eigenvalue weighted by Gasteiger charge is 2.29. The number of unbranched alkanes of at least 4 members (excludes halogenated alkanes) is 3. The van der Waals surface area contributed by atoms with Gasteiger partial charge in [-0.2, -0.15) is 0 Å². The van der Waals surface area contributed by atoms with Crippen LogP contribution in [0.1, 0.15) is 99.3 Å². The molecule has 0 saturated carbocycles. The van der Waals surface area contributed by atoms with Gasteiger partial charge in [-0.15, -0.1) is 0 Å².